The van der Waals surface area contributed by atoms with Crippen molar-refractivity contribution < 1.29 is 9.59 Å². The minimum Gasteiger partial charge on any atom is -0.368 e. The van der Waals surface area contributed by atoms with Gasteiger partial charge in [0.25, 0.3) is 5.91 Å². The van der Waals surface area contributed by atoms with E-state index in [1.165, 1.54) is 49.0 Å². The summed E-state index contributed by atoms with van der Waals surface area (Å²) in [4.78, 5) is 36.0. The van der Waals surface area contributed by atoms with Crippen molar-refractivity contribution in [3.63, 3.8) is 0 Å². The number of thiophene rings is 1. The third-order valence-electron chi connectivity index (χ3n) is 8.66. The van der Waals surface area contributed by atoms with Crippen LogP contribution in [-0.4, -0.2) is 27.8 Å². The van der Waals surface area contributed by atoms with Crippen LogP contribution >= 0.6 is 11.3 Å². The molecule has 2 amide bonds. The summed E-state index contributed by atoms with van der Waals surface area (Å²) < 4.78 is 0. The Labute approximate surface area is 259 Å². The zero-order valence-electron chi connectivity index (χ0n) is 25.6. The molecule has 1 saturated carbocycles. The molecule has 0 radical (unpaired) electrons. The lowest BCUT2D eigenvalue weighted by atomic mass is 9.78. The van der Waals surface area contributed by atoms with Crippen molar-refractivity contribution in [3.05, 3.63) is 93.9 Å². The van der Waals surface area contributed by atoms with Crippen LogP contribution in [0.15, 0.2) is 73.1 Å². The van der Waals surface area contributed by atoms with Crippen LogP contribution in [0.2, 0.25) is 0 Å². The number of hydrogen-bond donors (Lipinski definition) is 2. The number of carbonyl (C=O) groups excluding carboxylic acids is 2. The summed E-state index contributed by atoms with van der Waals surface area (Å²) in [6.07, 6.45) is 10.6. The van der Waals surface area contributed by atoms with E-state index in [0.717, 1.165) is 33.0 Å². The molecule has 6 nitrogen and oxygen atoms in total. The normalized spacial score (nSPS) is 17.8. The molecule has 2 heterocycles. The summed E-state index contributed by atoms with van der Waals surface area (Å²) in [5, 5.41) is 2.81. The number of amides is 2. The van der Waals surface area contributed by atoms with Gasteiger partial charge in [-0.2, -0.15) is 0 Å². The molecule has 3 N–H and O–H groups in total. The first kappa shape index (κ1) is 30.6. The molecule has 1 aliphatic carbocycles. The largest absolute Gasteiger partial charge is 0.368 e. The fourth-order valence-electron chi connectivity index (χ4n) is 5.82. The number of benzene rings is 2. The average Bonchev–Trinajstić information content (AvgIpc) is 3.53. The minimum atomic E-state index is -0.813. The molecule has 4 aromatic rings. The van der Waals surface area contributed by atoms with Gasteiger partial charge in [0.2, 0.25) is 5.91 Å². The zero-order valence-corrected chi connectivity index (χ0v) is 26.4. The Bertz CT molecular complexity index is 1530. The summed E-state index contributed by atoms with van der Waals surface area (Å²) in [5.41, 5.74) is 10.9. The van der Waals surface area contributed by atoms with Crippen molar-refractivity contribution >= 4 is 23.2 Å². The molecule has 43 heavy (non-hydrogen) atoms. The third-order valence-corrected chi connectivity index (χ3v) is 10.2. The molecule has 1 unspecified atom stereocenters. The number of hydrogen-bond acceptors (Lipinski definition) is 5. The topological polar surface area (TPSA) is 98.0 Å². The van der Waals surface area contributed by atoms with Gasteiger partial charge in [0.15, 0.2) is 5.82 Å². The van der Waals surface area contributed by atoms with Crippen LogP contribution in [0, 0.1) is 5.92 Å². The summed E-state index contributed by atoms with van der Waals surface area (Å²) in [6.45, 7) is 8.62. The standard InChI is InChI=1S/C36H42N4O2S/c1-5-23-6-10-25(11-7-23)26-14-16-27(17-15-26)29-21-38-34(39-22-29)28-12-8-24(9-13-28)20-30(33(37)41)40-35(42)31-18-19-32(43-31)36(2,3)4/h8-9,12-19,21-23,25,30H,5-7,10-11,20H2,1-4H3,(H2,37,41)(H,40,42). The molecule has 1 fully saturated rings. The second kappa shape index (κ2) is 13.2. The molecule has 7 heteroatoms. The van der Waals surface area contributed by atoms with Crippen molar-refractivity contribution in [1.29, 1.82) is 0 Å². The molecule has 2 aromatic carbocycles. The lowest BCUT2D eigenvalue weighted by Crippen LogP contribution is -2.45. The molecule has 0 saturated heterocycles. The number of nitrogens with one attached hydrogen (secondary N) is 1. The Morgan fingerprint density at radius 2 is 1.51 bits per heavy atom. The van der Waals surface area contributed by atoms with Crippen LogP contribution in [0.4, 0.5) is 0 Å². The molecular weight excluding hydrogens is 552 g/mol. The zero-order chi connectivity index (χ0) is 30.6. The van der Waals surface area contributed by atoms with Crippen LogP contribution in [0.25, 0.3) is 22.5 Å². The van der Waals surface area contributed by atoms with E-state index in [9.17, 15) is 9.59 Å². The van der Waals surface area contributed by atoms with E-state index in [0.29, 0.717) is 23.0 Å². The molecular formula is C36H42N4O2S. The van der Waals surface area contributed by atoms with Crippen LogP contribution in [-0.2, 0) is 16.6 Å². The first-order valence-electron chi connectivity index (χ1n) is 15.3. The highest BCUT2D eigenvalue weighted by molar-refractivity contribution is 7.14. The molecule has 1 aliphatic rings. The fraction of sp³-hybridized carbons (Fsp3) is 0.389. The maximum absolute atomic E-state index is 12.8. The maximum Gasteiger partial charge on any atom is 0.262 e. The van der Waals surface area contributed by atoms with Crippen molar-refractivity contribution in [3.8, 4) is 22.5 Å². The molecule has 0 aliphatic heterocycles. The second-order valence-electron chi connectivity index (χ2n) is 12.8. The van der Waals surface area contributed by atoms with E-state index >= 15 is 0 Å². The Balaban J connectivity index is 1.19. The monoisotopic (exact) mass is 594 g/mol. The maximum atomic E-state index is 12.8. The number of aromatic nitrogens is 2. The van der Waals surface area contributed by atoms with Gasteiger partial charge in [-0.3, -0.25) is 9.59 Å². The Hall–Kier alpha value is -3.84. The first-order chi connectivity index (χ1) is 20.6. The van der Waals surface area contributed by atoms with Crippen molar-refractivity contribution in [2.75, 3.05) is 0 Å². The summed E-state index contributed by atoms with van der Waals surface area (Å²) in [6, 6.07) is 19.6. The molecule has 0 bridgehead atoms. The highest BCUT2D eigenvalue weighted by Gasteiger charge is 2.23. The Kier molecular flexibility index (Phi) is 9.40. The predicted molar refractivity (Wildman–Crippen MR) is 175 cm³/mol. The minimum absolute atomic E-state index is 0.0450. The average molecular weight is 595 g/mol. The van der Waals surface area contributed by atoms with Crippen molar-refractivity contribution in [2.24, 2.45) is 11.7 Å². The quantitative estimate of drug-likeness (QED) is 0.208. The van der Waals surface area contributed by atoms with Crippen LogP contribution in [0.3, 0.4) is 0 Å². The molecule has 2 aromatic heterocycles. The predicted octanol–water partition coefficient (Wildman–Crippen LogP) is 7.68. The van der Waals surface area contributed by atoms with Gasteiger partial charge < -0.3 is 11.1 Å². The Morgan fingerprint density at radius 1 is 0.884 bits per heavy atom. The first-order valence-corrected chi connectivity index (χ1v) is 16.1. The van der Waals surface area contributed by atoms with Gasteiger partial charge in [0.1, 0.15) is 6.04 Å². The van der Waals surface area contributed by atoms with Gasteiger partial charge in [-0.25, -0.2) is 9.97 Å². The smallest absolute Gasteiger partial charge is 0.262 e. The van der Waals surface area contributed by atoms with E-state index in [4.69, 9.17) is 5.73 Å². The molecule has 0 spiro atoms. The SMILES string of the molecule is CCC1CCC(c2ccc(-c3cnc(-c4ccc(CC(NC(=O)c5ccc(C(C)(C)C)s5)C(N)=O)cc4)nc3)cc2)CC1. The lowest BCUT2D eigenvalue weighted by Gasteiger charge is -2.28. The summed E-state index contributed by atoms with van der Waals surface area (Å²) in [7, 11) is 0. The number of rotatable bonds is 9. The van der Waals surface area contributed by atoms with E-state index in [1.807, 2.05) is 42.7 Å². The van der Waals surface area contributed by atoms with Crippen molar-refractivity contribution in [2.45, 2.75) is 83.6 Å². The number of nitrogens with two attached hydrogens (primary N) is 1. The van der Waals surface area contributed by atoms with Crippen molar-refractivity contribution in [1.82, 2.24) is 15.3 Å². The summed E-state index contributed by atoms with van der Waals surface area (Å²) >= 11 is 1.44. The van der Waals surface area contributed by atoms with Crippen LogP contribution in [0.1, 0.15) is 91.4 Å². The van der Waals surface area contributed by atoms with Gasteiger partial charge >= 0.3 is 0 Å². The second-order valence-corrected chi connectivity index (χ2v) is 13.9. The van der Waals surface area contributed by atoms with Gasteiger partial charge in [-0.15, -0.1) is 11.3 Å². The number of primary amides is 1. The molecule has 224 valence electrons. The van der Waals surface area contributed by atoms with E-state index < -0.39 is 11.9 Å². The van der Waals surface area contributed by atoms with E-state index in [-0.39, 0.29) is 11.3 Å². The molecule has 5 rings (SSSR count). The van der Waals surface area contributed by atoms with Gasteiger partial charge in [0, 0.05) is 34.8 Å². The lowest BCUT2D eigenvalue weighted by molar-refractivity contribution is -0.119. The van der Waals surface area contributed by atoms with Gasteiger partial charge in [0.05, 0.1) is 4.88 Å². The highest BCUT2D eigenvalue weighted by atomic mass is 32.1. The number of carbonyl (C=O) groups is 2. The summed E-state index contributed by atoms with van der Waals surface area (Å²) in [5.74, 6) is 1.35. The third kappa shape index (κ3) is 7.57. The highest BCUT2D eigenvalue weighted by Crippen LogP contribution is 2.37. The van der Waals surface area contributed by atoms with Crippen LogP contribution < -0.4 is 11.1 Å². The molecule has 1 atom stereocenters. The van der Waals surface area contributed by atoms with Gasteiger partial charge in [-0.1, -0.05) is 82.6 Å². The fourth-order valence-corrected chi connectivity index (χ4v) is 6.79. The van der Waals surface area contributed by atoms with E-state index in [2.05, 4.69) is 67.2 Å². The Morgan fingerprint density at radius 3 is 2.07 bits per heavy atom. The van der Waals surface area contributed by atoms with Gasteiger partial charge in [-0.05, 0) is 71.8 Å². The van der Waals surface area contributed by atoms with Crippen LogP contribution in [0.5, 0.6) is 0 Å². The number of nitrogens with zero attached hydrogens (tertiary/aromatic N) is 2. The van der Waals surface area contributed by atoms with E-state index in [1.54, 1.807) is 6.07 Å².